The molecule has 1 atom stereocenters. The van der Waals surface area contributed by atoms with Crippen molar-refractivity contribution in [3.8, 4) is 5.75 Å². The van der Waals surface area contributed by atoms with Gasteiger partial charge in [0.15, 0.2) is 6.10 Å². The van der Waals surface area contributed by atoms with Crippen molar-refractivity contribution in [2.45, 2.75) is 39.2 Å². The number of rotatable bonds is 7. The summed E-state index contributed by atoms with van der Waals surface area (Å²) in [6.07, 6.45) is 1.55. The van der Waals surface area contributed by atoms with Gasteiger partial charge in [0.05, 0.1) is 0 Å². The number of benzene rings is 2. The van der Waals surface area contributed by atoms with Crippen molar-refractivity contribution in [2.75, 3.05) is 0 Å². The predicted octanol–water partition coefficient (Wildman–Crippen LogP) is 4.02. The molecule has 0 heterocycles. The highest BCUT2D eigenvalue weighted by atomic mass is 79.9. The van der Waals surface area contributed by atoms with E-state index in [0.29, 0.717) is 17.7 Å². The van der Waals surface area contributed by atoms with E-state index in [-0.39, 0.29) is 11.8 Å². The van der Waals surface area contributed by atoms with E-state index in [2.05, 4.69) is 33.7 Å². The van der Waals surface area contributed by atoms with Gasteiger partial charge in [-0.3, -0.25) is 20.4 Å². The molecule has 5 nitrogen and oxygen atoms in total. The first-order chi connectivity index (χ1) is 12.5. The highest BCUT2D eigenvalue weighted by molar-refractivity contribution is 9.10. The standard InChI is InChI=1S/C20H23BrN2O3/c1-3-5-18(26-17-12-10-16(21)11-13-17)20(25)23-22-19(24)15-8-6-14(4-2)7-9-15/h6-13,18H,3-5H2,1-2H3,(H,22,24)(H,23,25)/t18-/m0/s1. The van der Waals surface area contributed by atoms with Crippen LogP contribution in [0.15, 0.2) is 53.0 Å². The zero-order valence-corrected chi connectivity index (χ0v) is 16.5. The summed E-state index contributed by atoms with van der Waals surface area (Å²) in [6.45, 7) is 4.02. The van der Waals surface area contributed by atoms with E-state index in [1.165, 1.54) is 0 Å². The fourth-order valence-corrected chi connectivity index (χ4v) is 2.61. The fourth-order valence-electron chi connectivity index (χ4n) is 2.35. The summed E-state index contributed by atoms with van der Waals surface area (Å²) in [5, 5.41) is 0. The van der Waals surface area contributed by atoms with Crippen LogP contribution in [-0.4, -0.2) is 17.9 Å². The van der Waals surface area contributed by atoms with Crippen molar-refractivity contribution < 1.29 is 14.3 Å². The van der Waals surface area contributed by atoms with E-state index in [1.807, 2.05) is 31.2 Å². The predicted molar refractivity (Wildman–Crippen MR) is 105 cm³/mol. The van der Waals surface area contributed by atoms with Gasteiger partial charge < -0.3 is 4.74 Å². The fraction of sp³-hybridized carbons (Fsp3) is 0.300. The maximum absolute atomic E-state index is 12.4. The molecule has 0 bridgehead atoms. The lowest BCUT2D eigenvalue weighted by Gasteiger charge is -2.18. The third kappa shape index (κ3) is 5.88. The van der Waals surface area contributed by atoms with Crippen molar-refractivity contribution in [1.82, 2.24) is 10.9 Å². The molecule has 0 aromatic heterocycles. The van der Waals surface area contributed by atoms with Crippen LogP contribution in [0.5, 0.6) is 5.75 Å². The Morgan fingerprint density at radius 1 is 1.00 bits per heavy atom. The lowest BCUT2D eigenvalue weighted by Crippen LogP contribution is -2.48. The van der Waals surface area contributed by atoms with E-state index in [9.17, 15) is 9.59 Å². The minimum absolute atomic E-state index is 0.361. The van der Waals surface area contributed by atoms with Gasteiger partial charge in [0.2, 0.25) is 0 Å². The number of carbonyl (C=O) groups excluding carboxylic acids is 2. The lowest BCUT2D eigenvalue weighted by molar-refractivity contribution is -0.129. The Hall–Kier alpha value is -2.34. The molecule has 2 amide bonds. The molecule has 6 heteroatoms. The van der Waals surface area contributed by atoms with Crippen LogP contribution in [0.25, 0.3) is 0 Å². The van der Waals surface area contributed by atoms with Crippen LogP contribution in [0.4, 0.5) is 0 Å². The number of nitrogens with one attached hydrogen (secondary N) is 2. The quantitative estimate of drug-likeness (QED) is 0.667. The van der Waals surface area contributed by atoms with Crippen LogP contribution >= 0.6 is 15.9 Å². The van der Waals surface area contributed by atoms with Gasteiger partial charge in [-0.25, -0.2) is 0 Å². The van der Waals surface area contributed by atoms with Gasteiger partial charge >= 0.3 is 0 Å². The molecule has 2 rings (SSSR count). The molecule has 0 aliphatic rings. The number of hydrogen-bond donors (Lipinski definition) is 2. The Balaban J connectivity index is 1.93. The largest absolute Gasteiger partial charge is 0.481 e. The summed E-state index contributed by atoms with van der Waals surface area (Å²) in [6, 6.07) is 14.5. The molecule has 0 fully saturated rings. The number of ether oxygens (including phenoxy) is 1. The summed E-state index contributed by atoms with van der Waals surface area (Å²) in [5.74, 6) is -0.142. The van der Waals surface area contributed by atoms with E-state index >= 15 is 0 Å². The Labute approximate surface area is 162 Å². The Bertz CT molecular complexity index is 730. The van der Waals surface area contributed by atoms with Crippen LogP contribution in [0.3, 0.4) is 0 Å². The number of amides is 2. The Kier molecular flexibility index (Phi) is 7.66. The SMILES string of the molecule is CCC[C@H](Oc1ccc(Br)cc1)C(=O)NNC(=O)c1ccc(CC)cc1. The second-order valence-corrected chi connectivity index (χ2v) is 6.76. The molecule has 2 aromatic carbocycles. The highest BCUT2D eigenvalue weighted by Gasteiger charge is 2.20. The molecule has 138 valence electrons. The highest BCUT2D eigenvalue weighted by Crippen LogP contribution is 2.18. The van der Waals surface area contributed by atoms with E-state index in [4.69, 9.17) is 4.74 Å². The summed E-state index contributed by atoms with van der Waals surface area (Å²) in [5.41, 5.74) is 6.54. The van der Waals surface area contributed by atoms with Gasteiger partial charge in [0.25, 0.3) is 11.8 Å². The zero-order chi connectivity index (χ0) is 18.9. The first-order valence-electron chi connectivity index (χ1n) is 8.64. The lowest BCUT2D eigenvalue weighted by atomic mass is 10.1. The van der Waals surface area contributed by atoms with Crippen molar-refractivity contribution in [3.63, 3.8) is 0 Å². The molecule has 2 N–H and O–H groups in total. The average molecular weight is 419 g/mol. The smallest absolute Gasteiger partial charge is 0.279 e. The number of halogens is 1. The van der Waals surface area contributed by atoms with E-state index < -0.39 is 6.10 Å². The minimum atomic E-state index is -0.677. The molecule has 0 spiro atoms. The molecule has 0 unspecified atom stereocenters. The summed E-state index contributed by atoms with van der Waals surface area (Å²) >= 11 is 3.36. The first-order valence-corrected chi connectivity index (χ1v) is 9.44. The van der Waals surface area contributed by atoms with Crippen molar-refractivity contribution in [1.29, 1.82) is 0 Å². The first kappa shape index (κ1) is 20.0. The number of hydrazine groups is 1. The number of aryl methyl sites for hydroxylation is 1. The third-order valence-electron chi connectivity index (χ3n) is 3.86. The molecular formula is C20H23BrN2O3. The van der Waals surface area contributed by atoms with Crippen molar-refractivity contribution >= 4 is 27.7 Å². The Morgan fingerprint density at radius 3 is 2.23 bits per heavy atom. The second-order valence-electron chi connectivity index (χ2n) is 5.84. The Morgan fingerprint density at radius 2 is 1.65 bits per heavy atom. The maximum atomic E-state index is 12.4. The average Bonchev–Trinajstić information content (AvgIpc) is 2.67. The summed E-state index contributed by atoms with van der Waals surface area (Å²) < 4.78 is 6.69. The van der Waals surface area contributed by atoms with Gasteiger partial charge in [0, 0.05) is 10.0 Å². The van der Waals surface area contributed by atoms with Gasteiger partial charge in [-0.2, -0.15) is 0 Å². The number of hydrogen-bond acceptors (Lipinski definition) is 3. The normalized spacial score (nSPS) is 11.5. The number of carbonyl (C=O) groups is 2. The summed E-state index contributed by atoms with van der Waals surface area (Å²) in [4.78, 5) is 24.5. The van der Waals surface area contributed by atoms with Gasteiger partial charge in [-0.05, 0) is 54.8 Å². The topological polar surface area (TPSA) is 67.4 Å². The molecule has 0 saturated heterocycles. The maximum Gasteiger partial charge on any atom is 0.279 e. The van der Waals surface area contributed by atoms with Crippen LogP contribution in [-0.2, 0) is 11.2 Å². The van der Waals surface area contributed by atoms with Crippen LogP contribution in [0.2, 0.25) is 0 Å². The van der Waals surface area contributed by atoms with Crippen molar-refractivity contribution in [3.05, 3.63) is 64.1 Å². The molecule has 0 saturated carbocycles. The van der Waals surface area contributed by atoms with Crippen LogP contribution in [0.1, 0.15) is 42.6 Å². The van der Waals surface area contributed by atoms with E-state index in [1.54, 1.807) is 24.3 Å². The third-order valence-corrected chi connectivity index (χ3v) is 4.39. The van der Waals surface area contributed by atoms with Crippen LogP contribution < -0.4 is 15.6 Å². The van der Waals surface area contributed by atoms with Crippen molar-refractivity contribution in [2.24, 2.45) is 0 Å². The molecule has 2 aromatic rings. The molecule has 0 aliphatic carbocycles. The van der Waals surface area contributed by atoms with Crippen LogP contribution in [0, 0.1) is 0 Å². The molecule has 26 heavy (non-hydrogen) atoms. The molecular weight excluding hydrogens is 396 g/mol. The minimum Gasteiger partial charge on any atom is -0.481 e. The molecule has 0 radical (unpaired) electrons. The van der Waals surface area contributed by atoms with Gasteiger partial charge in [-0.1, -0.05) is 48.3 Å². The monoisotopic (exact) mass is 418 g/mol. The van der Waals surface area contributed by atoms with Gasteiger partial charge in [-0.15, -0.1) is 0 Å². The molecule has 0 aliphatic heterocycles. The van der Waals surface area contributed by atoms with Gasteiger partial charge in [0.1, 0.15) is 5.75 Å². The second kappa shape index (κ2) is 9.97. The zero-order valence-electron chi connectivity index (χ0n) is 14.9. The summed E-state index contributed by atoms with van der Waals surface area (Å²) in [7, 11) is 0. The van der Waals surface area contributed by atoms with E-state index in [0.717, 1.165) is 22.9 Å².